The summed E-state index contributed by atoms with van der Waals surface area (Å²) in [5.41, 5.74) is 4.41. The third-order valence-corrected chi connectivity index (χ3v) is 7.97. The number of piperazine rings is 1. The van der Waals surface area contributed by atoms with Gasteiger partial charge in [-0.25, -0.2) is 4.98 Å². The lowest BCUT2D eigenvalue weighted by molar-refractivity contribution is 0.0592. The van der Waals surface area contributed by atoms with Crippen molar-refractivity contribution < 1.29 is 9.53 Å². The van der Waals surface area contributed by atoms with Crippen molar-refractivity contribution in [1.82, 2.24) is 19.4 Å². The first-order valence-corrected chi connectivity index (χ1v) is 13.5. The largest absolute Gasteiger partial charge is 0.497 e. The molecule has 1 unspecified atom stereocenters. The topological polar surface area (TPSA) is 50.6 Å². The Morgan fingerprint density at radius 3 is 2.24 bits per heavy atom. The molecule has 3 aromatic carbocycles. The van der Waals surface area contributed by atoms with Gasteiger partial charge in [0, 0.05) is 51.3 Å². The van der Waals surface area contributed by atoms with Gasteiger partial charge in [-0.1, -0.05) is 72.8 Å². The number of hydrogen-bond acceptors (Lipinski definition) is 4. The second-order valence-corrected chi connectivity index (χ2v) is 10.3. The number of aromatic nitrogens is 2. The average molecular weight is 507 g/mol. The van der Waals surface area contributed by atoms with Crippen LogP contribution in [0.25, 0.3) is 0 Å². The standard InChI is InChI=1S/C32H34N4O2/c1-38-28-14-8-13-26(21-28)27-15-16-30-33-29(23-36(30)22-27)32(37)35-19-17-34(18-20-35)31(24-9-4-2-5-10-24)25-11-6-3-7-12-25/h2-14,21,23,27,31H,15-20,22H2,1H3. The van der Waals surface area contributed by atoms with Gasteiger partial charge in [-0.05, 0) is 35.2 Å². The lowest BCUT2D eigenvalue weighted by atomic mass is 9.91. The van der Waals surface area contributed by atoms with E-state index < -0.39 is 0 Å². The highest BCUT2D eigenvalue weighted by molar-refractivity contribution is 5.92. The molecule has 1 aromatic heterocycles. The van der Waals surface area contributed by atoms with Gasteiger partial charge in [-0.15, -0.1) is 0 Å². The van der Waals surface area contributed by atoms with Crippen molar-refractivity contribution in [2.24, 2.45) is 0 Å². The van der Waals surface area contributed by atoms with Crippen LogP contribution >= 0.6 is 0 Å². The summed E-state index contributed by atoms with van der Waals surface area (Å²) in [7, 11) is 1.70. The molecule has 2 aliphatic rings. The van der Waals surface area contributed by atoms with Gasteiger partial charge >= 0.3 is 0 Å². The van der Waals surface area contributed by atoms with Crippen LogP contribution in [-0.2, 0) is 13.0 Å². The number of methoxy groups -OCH3 is 1. The van der Waals surface area contributed by atoms with Gasteiger partial charge in [0.25, 0.3) is 5.91 Å². The van der Waals surface area contributed by atoms with Gasteiger partial charge in [0.1, 0.15) is 17.3 Å². The maximum atomic E-state index is 13.5. The van der Waals surface area contributed by atoms with Crippen molar-refractivity contribution in [2.45, 2.75) is 31.3 Å². The fourth-order valence-electron chi connectivity index (χ4n) is 5.94. The number of carbonyl (C=O) groups excluding carboxylic acids is 1. The fraction of sp³-hybridized carbons (Fsp3) is 0.312. The number of imidazole rings is 1. The Morgan fingerprint density at radius 1 is 0.895 bits per heavy atom. The Labute approximate surface area is 224 Å². The molecule has 4 aromatic rings. The van der Waals surface area contributed by atoms with Crippen molar-refractivity contribution in [1.29, 1.82) is 0 Å². The summed E-state index contributed by atoms with van der Waals surface area (Å²) in [5.74, 6) is 2.33. The van der Waals surface area contributed by atoms with Crippen molar-refractivity contribution in [3.8, 4) is 5.75 Å². The Balaban J connectivity index is 1.13. The molecule has 38 heavy (non-hydrogen) atoms. The highest BCUT2D eigenvalue weighted by Gasteiger charge is 2.30. The summed E-state index contributed by atoms with van der Waals surface area (Å²) in [5, 5.41) is 0. The summed E-state index contributed by atoms with van der Waals surface area (Å²) >= 11 is 0. The Hall–Kier alpha value is -3.90. The summed E-state index contributed by atoms with van der Waals surface area (Å²) in [4.78, 5) is 22.7. The van der Waals surface area contributed by atoms with Crippen LogP contribution in [-0.4, -0.2) is 58.5 Å². The van der Waals surface area contributed by atoms with Crippen LogP contribution in [0, 0.1) is 0 Å². The van der Waals surface area contributed by atoms with Gasteiger partial charge in [0.2, 0.25) is 0 Å². The fourth-order valence-corrected chi connectivity index (χ4v) is 5.94. The molecule has 6 heteroatoms. The number of aryl methyl sites for hydroxylation is 1. The molecule has 0 radical (unpaired) electrons. The monoisotopic (exact) mass is 506 g/mol. The lowest BCUT2D eigenvalue weighted by Crippen LogP contribution is -2.50. The number of fused-ring (bicyclic) bond motifs is 1. The number of benzene rings is 3. The lowest BCUT2D eigenvalue weighted by Gasteiger charge is -2.39. The first kappa shape index (κ1) is 24.4. The van der Waals surface area contributed by atoms with E-state index in [0.29, 0.717) is 24.7 Å². The zero-order valence-electron chi connectivity index (χ0n) is 21.9. The summed E-state index contributed by atoms with van der Waals surface area (Å²) in [6.45, 7) is 3.89. The number of hydrogen-bond donors (Lipinski definition) is 0. The van der Waals surface area contributed by atoms with Crippen LogP contribution in [0.1, 0.15) is 51.4 Å². The molecule has 1 amide bonds. The molecule has 6 rings (SSSR count). The van der Waals surface area contributed by atoms with E-state index >= 15 is 0 Å². The zero-order chi connectivity index (χ0) is 25.9. The molecular weight excluding hydrogens is 472 g/mol. The number of ether oxygens (including phenoxy) is 1. The molecule has 0 N–H and O–H groups in total. The van der Waals surface area contributed by atoms with E-state index in [9.17, 15) is 4.79 Å². The van der Waals surface area contributed by atoms with Gasteiger partial charge < -0.3 is 14.2 Å². The van der Waals surface area contributed by atoms with E-state index in [1.165, 1.54) is 16.7 Å². The van der Waals surface area contributed by atoms with Gasteiger partial charge in [-0.2, -0.15) is 0 Å². The first-order valence-electron chi connectivity index (χ1n) is 13.5. The third kappa shape index (κ3) is 4.96. The van der Waals surface area contributed by atoms with Crippen LogP contribution in [0.2, 0.25) is 0 Å². The number of carbonyl (C=O) groups is 1. The van der Waals surface area contributed by atoms with Gasteiger partial charge in [0.15, 0.2) is 0 Å². The molecular formula is C32H34N4O2. The van der Waals surface area contributed by atoms with Gasteiger partial charge in [-0.3, -0.25) is 9.69 Å². The molecule has 0 saturated carbocycles. The van der Waals surface area contributed by atoms with E-state index in [4.69, 9.17) is 9.72 Å². The van der Waals surface area contributed by atoms with E-state index in [2.05, 4.69) is 82.3 Å². The van der Waals surface area contributed by atoms with Crippen molar-refractivity contribution in [2.75, 3.05) is 33.3 Å². The van der Waals surface area contributed by atoms with E-state index in [1.54, 1.807) is 7.11 Å². The van der Waals surface area contributed by atoms with Gasteiger partial charge in [0.05, 0.1) is 13.2 Å². The number of rotatable bonds is 6. The maximum Gasteiger partial charge on any atom is 0.274 e. The van der Waals surface area contributed by atoms with Crippen molar-refractivity contribution in [3.63, 3.8) is 0 Å². The highest BCUT2D eigenvalue weighted by Crippen LogP contribution is 2.32. The minimum atomic E-state index is 0.0421. The minimum absolute atomic E-state index is 0.0421. The quantitative estimate of drug-likeness (QED) is 0.362. The molecule has 0 aliphatic carbocycles. The molecule has 2 aliphatic heterocycles. The summed E-state index contributed by atoms with van der Waals surface area (Å²) < 4.78 is 7.60. The van der Waals surface area contributed by atoms with E-state index in [-0.39, 0.29) is 11.9 Å². The molecule has 1 atom stereocenters. The second-order valence-electron chi connectivity index (χ2n) is 10.3. The predicted octanol–water partition coefficient (Wildman–Crippen LogP) is 5.17. The molecule has 1 fully saturated rings. The molecule has 194 valence electrons. The highest BCUT2D eigenvalue weighted by atomic mass is 16.5. The minimum Gasteiger partial charge on any atom is -0.497 e. The van der Waals surface area contributed by atoms with Crippen LogP contribution in [0.3, 0.4) is 0 Å². The van der Waals surface area contributed by atoms with Crippen LogP contribution in [0.5, 0.6) is 5.75 Å². The second kappa shape index (κ2) is 10.8. The third-order valence-electron chi connectivity index (χ3n) is 7.97. The SMILES string of the molecule is COc1cccc(C2CCc3nc(C(=O)N4CCN(C(c5ccccc5)c5ccccc5)CC4)cn3C2)c1. The average Bonchev–Trinajstić information content (AvgIpc) is 3.42. The zero-order valence-corrected chi connectivity index (χ0v) is 21.9. The summed E-state index contributed by atoms with van der Waals surface area (Å²) in [6, 6.07) is 29.8. The Bertz CT molecular complexity index is 1340. The molecule has 1 saturated heterocycles. The van der Waals surface area contributed by atoms with Crippen LogP contribution in [0.4, 0.5) is 0 Å². The van der Waals surface area contributed by atoms with Crippen LogP contribution in [0.15, 0.2) is 91.1 Å². The number of amides is 1. The normalized spacial score (nSPS) is 17.8. The Kier molecular flexibility index (Phi) is 6.97. The van der Waals surface area contributed by atoms with E-state index in [1.807, 2.05) is 23.2 Å². The first-order chi connectivity index (χ1) is 18.7. The summed E-state index contributed by atoms with van der Waals surface area (Å²) in [6.07, 6.45) is 3.86. The Morgan fingerprint density at radius 2 is 1.58 bits per heavy atom. The smallest absolute Gasteiger partial charge is 0.274 e. The van der Waals surface area contributed by atoms with Crippen molar-refractivity contribution in [3.05, 3.63) is 119 Å². The molecule has 3 heterocycles. The van der Waals surface area contributed by atoms with E-state index in [0.717, 1.165) is 44.0 Å². The van der Waals surface area contributed by atoms with Crippen LogP contribution < -0.4 is 4.74 Å². The molecule has 0 spiro atoms. The molecule has 0 bridgehead atoms. The predicted molar refractivity (Wildman–Crippen MR) is 148 cm³/mol. The maximum absolute atomic E-state index is 13.5. The number of nitrogens with zero attached hydrogens (tertiary/aromatic N) is 4. The molecule has 6 nitrogen and oxygen atoms in total. The van der Waals surface area contributed by atoms with Crippen molar-refractivity contribution >= 4 is 5.91 Å².